The first kappa shape index (κ1) is 18.9. The predicted molar refractivity (Wildman–Crippen MR) is 91.6 cm³/mol. The topological polar surface area (TPSA) is 67.8 Å². The second-order valence-corrected chi connectivity index (χ2v) is 5.62. The number of hydrogen-bond acceptors (Lipinski definition) is 4. The van der Waals surface area contributed by atoms with Crippen molar-refractivity contribution in [3.63, 3.8) is 0 Å². The highest BCUT2D eigenvalue weighted by Crippen LogP contribution is 2.14. The van der Waals surface area contributed by atoms with E-state index in [0.29, 0.717) is 5.56 Å². The number of ether oxygens (including phenoxy) is 2. The van der Waals surface area contributed by atoms with Crippen molar-refractivity contribution in [1.29, 1.82) is 0 Å². The molecule has 0 saturated heterocycles. The molecule has 2 atom stereocenters. The van der Waals surface area contributed by atoms with E-state index in [4.69, 9.17) is 9.47 Å². The summed E-state index contributed by atoms with van der Waals surface area (Å²) < 4.78 is 23.5. The van der Waals surface area contributed by atoms with Gasteiger partial charge < -0.3 is 19.9 Å². The molecule has 6 heteroatoms. The van der Waals surface area contributed by atoms with Gasteiger partial charge in [0.2, 0.25) is 5.91 Å². The molecule has 2 aromatic rings. The maximum Gasteiger partial charge on any atom is 0.248 e. The summed E-state index contributed by atoms with van der Waals surface area (Å²) >= 11 is 0. The summed E-state index contributed by atoms with van der Waals surface area (Å²) in [6.07, 6.45) is -1.58. The van der Waals surface area contributed by atoms with Crippen molar-refractivity contribution < 1.29 is 23.8 Å². The molecule has 5 nitrogen and oxygen atoms in total. The Morgan fingerprint density at radius 3 is 2.64 bits per heavy atom. The first-order valence-corrected chi connectivity index (χ1v) is 7.95. The molecule has 0 aliphatic carbocycles. The number of methoxy groups -OCH3 is 1. The number of nitrogens with one attached hydrogen (secondary N) is 1. The fourth-order valence-electron chi connectivity index (χ4n) is 2.20. The highest BCUT2D eigenvalue weighted by Gasteiger charge is 2.16. The zero-order valence-corrected chi connectivity index (χ0v) is 14.2. The van der Waals surface area contributed by atoms with Gasteiger partial charge in [-0.05, 0) is 42.3 Å². The lowest BCUT2D eigenvalue weighted by atomic mass is 10.1. The Hall–Kier alpha value is -2.44. The fraction of sp³-hybridized carbons (Fsp3) is 0.316. The summed E-state index contributed by atoms with van der Waals surface area (Å²) in [6.45, 7) is 1.93. The number of carbonyl (C=O) groups is 1. The third-order valence-electron chi connectivity index (χ3n) is 3.73. The van der Waals surface area contributed by atoms with Gasteiger partial charge in [-0.15, -0.1) is 0 Å². The maximum atomic E-state index is 12.9. The molecule has 2 rings (SSSR count). The van der Waals surface area contributed by atoms with E-state index in [1.165, 1.54) is 24.3 Å². The van der Waals surface area contributed by atoms with Gasteiger partial charge in [-0.1, -0.05) is 24.3 Å². The van der Waals surface area contributed by atoms with Gasteiger partial charge in [0.25, 0.3) is 0 Å². The maximum absolute atomic E-state index is 12.9. The Balaban J connectivity index is 1.78. The van der Waals surface area contributed by atoms with Crippen molar-refractivity contribution in [3.8, 4) is 5.75 Å². The van der Waals surface area contributed by atoms with E-state index in [2.05, 4.69) is 5.32 Å². The smallest absolute Gasteiger partial charge is 0.248 e. The molecule has 0 fully saturated rings. The van der Waals surface area contributed by atoms with Crippen LogP contribution in [-0.2, 0) is 16.1 Å². The average Bonchev–Trinajstić information content (AvgIpc) is 2.64. The number of halogens is 1. The summed E-state index contributed by atoms with van der Waals surface area (Å²) in [5.74, 6) is 0.0178. The number of carbonyl (C=O) groups excluding carboxylic acids is 1. The first-order chi connectivity index (χ1) is 12.0. The van der Waals surface area contributed by atoms with Crippen LogP contribution in [0.2, 0.25) is 0 Å². The van der Waals surface area contributed by atoms with Crippen LogP contribution in [0.15, 0.2) is 48.5 Å². The number of benzene rings is 2. The zero-order valence-electron chi connectivity index (χ0n) is 14.2. The van der Waals surface area contributed by atoms with Gasteiger partial charge in [-0.25, -0.2) is 4.39 Å². The molecule has 0 heterocycles. The Morgan fingerprint density at radius 1 is 1.24 bits per heavy atom. The summed E-state index contributed by atoms with van der Waals surface area (Å²) in [5.41, 5.74) is 1.43. The molecule has 0 radical (unpaired) electrons. The van der Waals surface area contributed by atoms with Crippen LogP contribution < -0.4 is 10.1 Å². The van der Waals surface area contributed by atoms with E-state index >= 15 is 0 Å². The SMILES string of the molecule is COc1cccc(COC(C)C(=O)NCC(O)c2ccc(F)cc2)c1. The van der Waals surface area contributed by atoms with Gasteiger partial charge in [0.15, 0.2) is 0 Å². The van der Waals surface area contributed by atoms with Crippen LogP contribution in [0.1, 0.15) is 24.2 Å². The summed E-state index contributed by atoms with van der Waals surface area (Å²) in [6, 6.07) is 12.9. The molecule has 0 bridgehead atoms. The predicted octanol–water partition coefficient (Wildman–Crippen LogP) is 2.59. The van der Waals surface area contributed by atoms with Crippen LogP contribution in [0.3, 0.4) is 0 Å². The van der Waals surface area contributed by atoms with Gasteiger partial charge in [0.05, 0.1) is 19.8 Å². The van der Waals surface area contributed by atoms with Crippen LogP contribution in [0.4, 0.5) is 4.39 Å². The lowest BCUT2D eigenvalue weighted by Gasteiger charge is -2.16. The van der Waals surface area contributed by atoms with E-state index in [0.717, 1.165) is 11.3 Å². The van der Waals surface area contributed by atoms with Crippen LogP contribution in [-0.4, -0.2) is 30.8 Å². The first-order valence-electron chi connectivity index (χ1n) is 7.95. The lowest BCUT2D eigenvalue weighted by molar-refractivity contribution is -0.132. The minimum absolute atomic E-state index is 0.0251. The summed E-state index contributed by atoms with van der Waals surface area (Å²) in [5, 5.41) is 12.6. The van der Waals surface area contributed by atoms with Crippen molar-refractivity contribution >= 4 is 5.91 Å². The van der Waals surface area contributed by atoms with Gasteiger partial charge in [-0.2, -0.15) is 0 Å². The van der Waals surface area contributed by atoms with E-state index in [9.17, 15) is 14.3 Å². The van der Waals surface area contributed by atoms with E-state index in [-0.39, 0.29) is 24.9 Å². The van der Waals surface area contributed by atoms with E-state index < -0.39 is 12.2 Å². The number of amides is 1. The molecule has 0 aliphatic heterocycles. The monoisotopic (exact) mass is 347 g/mol. The quantitative estimate of drug-likeness (QED) is 0.770. The standard InChI is InChI=1S/C19H22FNO4/c1-13(25-12-14-4-3-5-17(10-14)24-2)19(23)21-11-18(22)15-6-8-16(20)9-7-15/h3-10,13,18,22H,11-12H2,1-2H3,(H,21,23). The average molecular weight is 347 g/mol. The molecular formula is C19H22FNO4. The number of aliphatic hydroxyl groups excluding tert-OH is 1. The molecule has 0 spiro atoms. The number of hydrogen-bond donors (Lipinski definition) is 2. The fourth-order valence-corrected chi connectivity index (χ4v) is 2.20. The normalized spacial score (nSPS) is 13.1. The Kier molecular flexibility index (Phi) is 6.91. The van der Waals surface area contributed by atoms with Gasteiger partial charge in [-0.3, -0.25) is 4.79 Å². The Morgan fingerprint density at radius 2 is 1.96 bits per heavy atom. The van der Waals surface area contributed by atoms with Crippen molar-refractivity contribution in [2.75, 3.05) is 13.7 Å². The molecule has 2 aromatic carbocycles. The summed E-state index contributed by atoms with van der Waals surface area (Å²) in [4.78, 5) is 12.0. The third kappa shape index (κ3) is 5.85. The molecule has 1 amide bonds. The van der Waals surface area contributed by atoms with Gasteiger partial charge in [0, 0.05) is 6.54 Å². The molecule has 0 aromatic heterocycles. The van der Waals surface area contributed by atoms with E-state index in [1.807, 2.05) is 24.3 Å². The third-order valence-corrected chi connectivity index (χ3v) is 3.73. The highest BCUT2D eigenvalue weighted by molar-refractivity contribution is 5.80. The molecule has 25 heavy (non-hydrogen) atoms. The number of aliphatic hydroxyl groups is 1. The molecule has 0 saturated carbocycles. The molecular weight excluding hydrogens is 325 g/mol. The van der Waals surface area contributed by atoms with Crippen LogP contribution >= 0.6 is 0 Å². The van der Waals surface area contributed by atoms with Crippen LogP contribution in [0, 0.1) is 5.82 Å². The number of rotatable bonds is 8. The van der Waals surface area contributed by atoms with Crippen LogP contribution in [0.25, 0.3) is 0 Å². The van der Waals surface area contributed by atoms with Gasteiger partial charge >= 0.3 is 0 Å². The Labute approximate surface area is 146 Å². The lowest BCUT2D eigenvalue weighted by Crippen LogP contribution is -2.36. The van der Waals surface area contributed by atoms with Gasteiger partial charge in [0.1, 0.15) is 17.7 Å². The molecule has 134 valence electrons. The second-order valence-electron chi connectivity index (χ2n) is 5.62. The van der Waals surface area contributed by atoms with Crippen molar-refractivity contribution in [2.45, 2.75) is 25.7 Å². The van der Waals surface area contributed by atoms with Crippen molar-refractivity contribution in [1.82, 2.24) is 5.32 Å². The minimum Gasteiger partial charge on any atom is -0.497 e. The van der Waals surface area contributed by atoms with Crippen LogP contribution in [0.5, 0.6) is 5.75 Å². The van der Waals surface area contributed by atoms with E-state index in [1.54, 1.807) is 14.0 Å². The molecule has 0 aliphatic rings. The zero-order chi connectivity index (χ0) is 18.2. The van der Waals surface area contributed by atoms with Crippen molar-refractivity contribution in [2.24, 2.45) is 0 Å². The summed E-state index contributed by atoms with van der Waals surface area (Å²) in [7, 11) is 1.59. The largest absolute Gasteiger partial charge is 0.497 e. The molecule has 2 unspecified atom stereocenters. The minimum atomic E-state index is -0.907. The molecule has 2 N–H and O–H groups in total. The Bertz CT molecular complexity index is 690. The highest BCUT2D eigenvalue weighted by atomic mass is 19.1. The van der Waals surface area contributed by atoms with Crippen molar-refractivity contribution in [3.05, 3.63) is 65.5 Å². The second kappa shape index (κ2) is 9.15.